The van der Waals surface area contributed by atoms with Gasteiger partial charge in [0.15, 0.2) is 5.82 Å². The van der Waals surface area contributed by atoms with Gasteiger partial charge in [0.2, 0.25) is 5.89 Å². The molecule has 0 bridgehead atoms. The molecule has 1 heterocycles. The van der Waals surface area contributed by atoms with Crippen LogP contribution in [0, 0.1) is 17.0 Å². The number of aromatic nitrogens is 2. The summed E-state index contributed by atoms with van der Waals surface area (Å²) in [5, 5.41) is 20.6. The Morgan fingerprint density at radius 1 is 1.35 bits per heavy atom. The van der Waals surface area contributed by atoms with Gasteiger partial charge in [0.25, 0.3) is 5.69 Å². The van der Waals surface area contributed by atoms with Gasteiger partial charge in [-0.2, -0.15) is 4.98 Å². The van der Waals surface area contributed by atoms with Crippen LogP contribution in [0.25, 0.3) is 0 Å². The van der Waals surface area contributed by atoms with Crippen molar-refractivity contribution in [3.63, 3.8) is 0 Å². The Balaban J connectivity index is 2.01. The third-order valence-corrected chi connectivity index (χ3v) is 2.66. The number of benzene rings is 1. The molecular formula is C12H15N5O3. The number of hydrogen-bond donors (Lipinski definition) is 2. The third kappa shape index (κ3) is 3.44. The molecule has 8 nitrogen and oxygen atoms in total. The molecule has 0 amide bonds. The fraction of sp³-hybridized carbons (Fsp3) is 0.333. The average molecular weight is 277 g/mol. The first-order valence-corrected chi connectivity index (χ1v) is 6.09. The molecule has 0 fully saturated rings. The number of aryl methyl sites for hydroxylation is 1. The molecule has 0 aliphatic rings. The topological polar surface area (TPSA) is 106 Å². The molecule has 0 aliphatic carbocycles. The lowest BCUT2D eigenvalue weighted by Gasteiger charge is -2.07. The summed E-state index contributed by atoms with van der Waals surface area (Å²) >= 11 is 0. The van der Waals surface area contributed by atoms with Crippen LogP contribution in [0.1, 0.15) is 11.7 Å². The molecule has 0 atom stereocenters. The molecule has 0 spiro atoms. The Hall–Kier alpha value is -2.64. The van der Waals surface area contributed by atoms with E-state index in [1.807, 2.05) is 0 Å². The first-order valence-electron chi connectivity index (χ1n) is 6.09. The Bertz CT molecular complexity index is 611. The average Bonchev–Trinajstić information content (AvgIpc) is 2.84. The minimum absolute atomic E-state index is 0.0368. The minimum atomic E-state index is -0.422. The molecule has 1 aromatic heterocycles. The summed E-state index contributed by atoms with van der Waals surface area (Å²) in [6, 6.07) is 4.77. The molecule has 0 radical (unpaired) electrons. The van der Waals surface area contributed by atoms with Crippen LogP contribution in [-0.4, -0.2) is 28.7 Å². The second kappa shape index (κ2) is 6.00. The van der Waals surface area contributed by atoms with Gasteiger partial charge < -0.3 is 15.2 Å². The van der Waals surface area contributed by atoms with Gasteiger partial charge in [-0.25, -0.2) is 0 Å². The van der Waals surface area contributed by atoms with Gasteiger partial charge in [0.05, 0.1) is 4.92 Å². The van der Waals surface area contributed by atoms with E-state index in [0.717, 1.165) is 0 Å². The number of nitro benzene ring substituents is 1. The number of nitrogens with zero attached hydrogens (tertiary/aromatic N) is 3. The molecule has 2 N–H and O–H groups in total. The highest BCUT2D eigenvalue weighted by Gasteiger charge is 2.09. The number of nitro groups is 1. The van der Waals surface area contributed by atoms with Gasteiger partial charge in [-0.05, 0) is 6.07 Å². The molecule has 1 aromatic carbocycles. The molecule has 0 saturated heterocycles. The normalized spacial score (nSPS) is 10.3. The van der Waals surface area contributed by atoms with Crippen LogP contribution < -0.4 is 10.6 Å². The molecule has 106 valence electrons. The largest absolute Gasteiger partial charge is 0.388 e. The zero-order valence-corrected chi connectivity index (χ0v) is 11.2. The summed E-state index contributed by atoms with van der Waals surface area (Å²) in [6.45, 7) is 2.28. The van der Waals surface area contributed by atoms with Crippen molar-refractivity contribution >= 4 is 17.1 Å². The molecular weight excluding hydrogens is 262 g/mol. The number of nitrogens with one attached hydrogen (secondary N) is 2. The molecule has 2 aromatic rings. The summed E-state index contributed by atoms with van der Waals surface area (Å²) in [4.78, 5) is 14.5. The van der Waals surface area contributed by atoms with Gasteiger partial charge in [0.1, 0.15) is 0 Å². The van der Waals surface area contributed by atoms with Gasteiger partial charge in [-0.15, -0.1) is 0 Å². The van der Waals surface area contributed by atoms with Crippen molar-refractivity contribution in [1.29, 1.82) is 0 Å². The van der Waals surface area contributed by atoms with E-state index in [1.54, 1.807) is 20.0 Å². The summed E-state index contributed by atoms with van der Waals surface area (Å²) in [5.41, 5.74) is 1.38. The quantitative estimate of drug-likeness (QED) is 0.614. The van der Waals surface area contributed by atoms with E-state index in [4.69, 9.17) is 4.52 Å². The van der Waals surface area contributed by atoms with Gasteiger partial charge >= 0.3 is 0 Å². The fourth-order valence-electron chi connectivity index (χ4n) is 1.72. The van der Waals surface area contributed by atoms with Crippen LogP contribution in [0.3, 0.4) is 0 Å². The Labute approximate surface area is 115 Å². The van der Waals surface area contributed by atoms with E-state index in [-0.39, 0.29) is 5.69 Å². The van der Waals surface area contributed by atoms with Crippen molar-refractivity contribution in [2.45, 2.75) is 13.3 Å². The van der Waals surface area contributed by atoms with E-state index in [1.165, 1.54) is 12.1 Å². The maximum Gasteiger partial charge on any atom is 0.273 e. The second-order valence-electron chi connectivity index (χ2n) is 4.18. The summed E-state index contributed by atoms with van der Waals surface area (Å²) in [6.07, 6.45) is 0.578. The summed E-state index contributed by atoms with van der Waals surface area (Å²) < 4.78 is 4.87. The van der Waals surface area contributed by atoms with E-state index >= 15 is 0 Å². The van der Waals surface area contributed by atoms with Crippen LogP contribution in [0.4, 0.5) is 17.1 Å². The number of anilines is 2. The van der Waals surface area contributed by atoms with E-state index < -0.39 is 4.92 Å². The summed E-state index contributed by atoms with van der Waals surface area (Å²) in [5.74, 6) is 1.13. The highest BCUT2D eigenvalue weighted by Crippen LogP contribution is 2.23. The van der Waals surface area contributed by atoms with Crippen LogP contribution in [0.2, 0.25) is 0 Å². The van der Waals surface area contributed by atoms with Crippen molar-refractivity contribution < 1.29 is 9.45 Å². The van der Waals surface area contributed by atoms with E-state index in [9.17, 15) is 10.1 Å². The minimum Gasteiger partial charge on any atom is -0.388 e. The lowest BCUT2D eigenvalue weighted by atomic mass is 10.2. The maximum atomic E-state index is 10.8. The Morgan fingerprint density at radius 3 is 2.70 bits per heavy atom. The molecule has 0 aliphatic heterocycles. The van der Waals surface area contributed by atoms with Gasteiger partial charge in [-0.3, -0.25) is 10.1 Å². The highest BCUT2D eigenvalue weighted by atomic mass is 16.6. The number of rotatable bonds is 6. The molecule has 20 heavy (non-hydrogen) atoms. The lowest BCUT2D eigenvalue weighted by Crippen LogP contribution is -2.06. The van der Waals surface area contributed by atoms with Crippen LogP contribution in [0.5, 0.6) is 0 Å². The first kappa shape index (κ1) is 13.8. The van der Waals surface area contributed by atoms with Gasteiger partial charge in [0, 0.05) is 50.4 Å². The monoisotopic (exact) mass is 277 g/mol. The molecule has 2 rings (SSSR count). The maximum absolute atomic E-state index is 10.8. The Morgan fingerprint density at radius 2 is 2.10 bits per heavy atom. The molecule has 0 unspecified atom stereocenters. The molecule has 8 heteroatoms. The zero-order chi connectivity index (χ0) is 14.5. The smallest absolute Gasteiger partial charge is 0.273 e. The standard InChI is InChI=1S/C12H15N5O3/c1-8-15-12(16-20-8)3-4-14-10-5-9(13-2)6-11(7-10)17(18)19/h5-7,13-14H,3-4H2,1-2H3. The predicted octanol–water partition coefficient (Wildman–Crippen LogP) is 1.98. The van der Waals surface area contributed by atoms with E-state index in [0.29, 0.717) is 36.1 Å². The molecule has 0 saturated carbocycles. The van der Waals surface area contributed by atoms with Crippen molar-refractivity contribution in [3.05, 3.63) is 40.0 Å². The fourth-order valence-corrected chi connectivity index (χ4v) is 1.72. The highest BCUT2D eigenvalue weighted by molar-refractivity contribution is 5.63. The van der Waals surface area contributed by atoms with Crippen molar-refractivity contribution in [1.82, 2.24) is 10.1 Å². The van der Waals surface area contributed by atoms with Crippen LogP contribution >= 0.6 is 0 Å². The van der Waals surface area contributed by atoms with Crippen molar-refractivity contribution in [3.8, 4) is 0 Å². The van der Waals surface area contributed by atoms with Crippen LogP contribution in [0.15, 0.2) is 22.7 Å². The van der Waals surface area contributed by atoms with Crippen LogP contribution in [-0.2, 0) is 6.42 Å². The van der Waals surface area contributed by atoms with Gasteiger partial charge in [-0.1, -0.05) is 5.16 Å². The second-order valence-corrected chi connectivity index (χ2v) is 4.18. The lowest BCUT2D eigenvalue weighted by molar-refractivity contribution is -0.384. The van der Waals surface area contributed by atoms with E-state index in [2.05, 4.69) is 20.8 Å². The van der Waals surface area contributed by atoms with Crippen molar-refractivity contribution in [2.75, 3.05) is 24.2 Å². The first-order chi connectivity index (χ1) is 9.58. The zero-order valence-electron chi connectivity index (χ0n) is 11.2. The van der Waals surface area contributed by atoms with Crippen molar-refractivity contribution in [2.24, 2.45) is 0 Å². The number of hydrogen-bond acceptors (Lipinski definition) is 7. The summed E-state index contributed by atoms with van der Waals surface area (Å²) in [7, 11) is 1.71. The SMILES string of the molecule is CNc1cc(NCCc2noc(C)n2)cc([N+](=O)[O-])c1. The third-order valence-electron chi connectivity index (χ3n) is 2.66. The predicted molar refractivity (Wildman–Crippen MR) is 73.9 cm³/mol. The Kier molecular flexibility index (Phi) is 4.14. The number of non-ortho nitro benzene ring substituents is 1.